The van der Waals surface area contributed by atoms with Crippen molar-refractivity contribution in [2.45, 2.75) is 24.3 Å². The maximum atomic E-state index is 12.6. The van der Waals surface area contributed by atoms with Crippen LogP contribution in [0.2, 0.25) is 0 Å². The molecule has 0 spiro atoms. The lowest BCUT2D eigenvalue weighted by Crippen LogP contribution is -2.52. The number of rotatable bonds is 1. The third-order valence-electron chi connectivity index (χ3n) is 3.85. The molecule has 21 heavy (non-hydrogen) atoms. The second-order valence-electron chi connectivity index (χ2n) is 5.41. The van der Waals surface area contributed by atoms with Gasteiger partial charge in [-0.3, -0.25) is 9.59 Å². The summed E-state index contributed by atoms with van der Waals surface area (Å²) in [7, 11) is 0. The zero-order valence-electron chi connectivity index (χ0n) is 12.0. The summed E-state index contributed by atoms with van der Waals surface area (Å²) in [6.45, 7) is 4.42. The van der Waals surface area contributed by atoms with Crippen molar-refractivity contribution in [2.75, 3.05) is 30.7 Å². The number of fused-ring (bicyclic) bond motifs is 1. The lowest BCUT2D eigenvalue weighted by molar-refractivity contribution is -0.115. The molecule has 0 aromatic heterocycles. The Labute approximate surface area is 128 Å². The number of anilines is 1. The quantitative estimate of drug-likeness (QED) is 0.826. The molecule has 0 saturated carbocycles. The summed E-state index contributed by atoms with van der Waals surface area (Å²) in [5.41, 5.74) is 1.40. The van der Waals surface area contributed by atoms with Gasteiger partial charge in [0.1, 0.15) is 0 Å². The fraction of sp³-hybridized carbons (Fsp3) is 0.467. The van der Waals surface area contributed by atoms with Crippen molar-refractivity contribution >= 4 is 29.3 Å². The molecule has 1 aromatic rings. The maximum absolute atomic E-state index is 12.6. The van der Waals surface area contributed by atoms with Crippen molar-refractivity contribution in [1.29, 1.82) is 0 Å². The Hall–Kier alpha value is -1.53. The minimum atomic E-state index is 0.0152. The van der Waals surface area contributed by atoms with Gasteiger partial charge in [-0.1, -0.05) is 0 Å². The van der Waals surface area contributed by atoms with E-state index < -0.39 is 0 Å². The fourth-order valence-corrected chi connectivity index (χ4v) is 3.60. The first kappa shape index (κ1) is 14.4. The van der Waals surface area contributed by atoms with Gasteiger partial charge in [-0.25, -0.2) is 0 Å². The summed E-state index contributed by atoms with van der Waals surface area (Å²) in [6.07, 6.45) is 0.511. The summed E-state index contributed by atoms with van der Waals surface area (Å²) in [4.78, 5) is 27.2. The van der Waals surface area contributed by atoms with E-state index in [2.05, 4.69) is 10.6 Å². The molecule has 2 aliphatic rings. The van der Waals surface area contributed by atoms with Gasteiger partial charge in [0.2, 0.25) is 5.91 Å². The molecule has 112 valence electrons. The molecule has 0 aliphatic carbocycles. The number of thioether (sulfide) groups is 1. The molecule has 2 aliphatic heterocycles. The monoisotopic (exact) mass is 305 g/mol. The molecule has 0 bridgehead atoms. The van der Waals surface area contributed by atoms with E-state index >= 15 is 0 Å². The fourth-order valence-electron chi connectivity index (χ4n) is 2.66. The number of amides is 2. The minimum absolute atomic E-state index is 0.0152. The summed E-state index contributed by atoms with van der Waals surface area (Å²) >= 11 is 1.65. The molecule has 1 unspecified atom stereocenters. The van der Waals surface area contributed by atoms with Crippen molar-refractivity contribution in [2.24, 2.45) is 0 Å². The normalized spacial score (nSPS) is 22.2. The van der Waals surface area contributed by atoms with Gasteiger partial charge in [0.15, 0.2) is 0 Å². The average Bonchev–Trinajstić information content (AvgIpc) is 2.66. The summed E-state index contributed by atoms with van der Waals surface area (Å²) in [5.74, 6) is 0.831. The molecule has 5 nitrogen and oxygen atoms in total. The van der Waals surface area contributed by atoms with Crippen molar-refractivity contribution in [3.8, 4) is 0 Å². The molecule has 2 heterocycles. The van der Waals surface area contributed by atoms with Gasteiger partial charge in [-0.05, 0) is 25.1 Å². The van der Waals surface area contributed by atoms with Gasteiger partial charge in [-0.15, -0.1) is 11.8 Å². The highest BCUT2D eigenvalue weighted by Crippen LogP contribution is 2.31. The average molecular weight is 305 g/mol. The highest BCUT2D eigenvalue weighted by molar-refractivity contribution is 7.99. The molecule has 1 atom stereocenters. The number of nitrogens with zero attached hydrogens (tertiary/aromatic N) is 1. The molecule has 2 amide bonds. The van der Waals surface area contributed by atoms with E-state index in [-0.39, 0.29) is 17.9 Å². The van der Waals surface area contributed by atoms with Crippen molar-refractivity contribution in [1.82, 2.24) is 10.2 Å². The Bertz CT molecular complexity index is 576. The number of benzene rings is 1. The summed E-state index contributed by atoms with van der Waals surface area (Å²) < 4.78 is 0. The lowest BCUT2D eigenvalue weighted by Gasteiger charge is -2.34. The number of hydrogen-bond acceptors (Lipinski definition) is 4. The first-order valence-electron chi connectivity index (χ1n) is 7.23. The van der Waals surface area contributed by atoms with Crippen LogP contribution in [0.25, 0.3) is 0 Å². The third-order valence-corrected chi connectivity index (χ3v) is 4.92. The zero-order valence-corrected chi connectivity index (χ0v) is 12.8. The van der Waals surface area contributed by atoms with Gasteiger partial charge in [-0.2, -0.15) is 0 Å². The topological polar surface area (TPSA) is 61.4 Å². The molecular formula is C15H19N3O2S. The Morgan fingerprint density at radius 3 is 3.10 bits per heavy atom. The van der Waals surface area contributed by atoms with Crippen LogP contribution >= 0.6 is 11.8 Å². The zero-order chi connectivity index (χ0) is 14.8. The van der Waals surface area contributed by atoms with E-state index in [1.54, 1.807) is 11.8 Å². The molecule has 1 aromatic carbocycles. The number of carbonyl (C=O) groups is 2. The van der Waals surface area contributed by atoms with Gasteiger partial charge < -0.3 is 15.5 Å². The van der Waals surface area contributed by atoms with Gasteiger partial charge in [0.05, 0.1) is 5.69 Å². The highest BCUT2D eigenvalue weighted by Gasteiger charge is 2.25. The molecule has 1 saturated heterocycles. The molecule has 3 rings (SSSR count). The predicted octanol–water partition coefficient (Wildman–Crippen LogP) is 1.55. The summed E-state index contributed by atoms with van der Waals surface area (Å²) in [6, 6.07) is 5.79. The van der Waals surface area contributed by atoms with E-state index in [1.807, 2.05) is 30.0 Å². The van der Waals surface area contributed by atoms with Crippen LogP contribution in [0.1, 0.15) is 23.7 Å². The number of nitrogens with one attached hydrogen (secondary N) is 2. The molecular weight excluding hydrogens is 286 g/mol. The van der Waals surface area contributed by atoms with Crippen LogP contribution in [0.5, 0.6) is 0 Å². The lowest BCUT2D eigenvalue weighted by atomic mass is 10.1. The first-order valence-corrected chi connectivity index (χ1v) is 8.22. The third kappa shape index (κ3) is 3.06. The Balaban J connectivity index is 1.85. The minimum Gasteiger partial charge on any atom is -0.333 e. The van der Waals surface area contributed by atoms with Crippen LogP contribution in [0.3, 0.4) is 0 Å². The van der Waals surface area contributed by atoms with Crippen LogP contribution < -0.4 is 10.6 Å². The van der Waals surface area contributed by atoms with Crippen LogP contribution in [0.4, 0.5) is 5.69 Å². The van der Waals surface area contributed by atoms with Crippen LogP contribution in [-0.4, -0.2) is 48.1 Å². The van der Waals surface area contributed by atoms with E-state index in [9.17, 15) is 9.59 Å². The summed E-state index contributed by atoms with van der Waals surface area (Å²) in [5, 5.41) is 6.17. The number of piperazine rings is 1. The largest absolute Gasteiger partial charge is 0.333 e. The maximum Gasteiger partial charge on any atom is 0.254 e. The van der Waals surface area contributed by atoms with Crippen molar-refractivity contribution in [3.63, 3.8) is 0 Å². The van der Waals surface area contributed by atoms with E-state index in [0.717, 1.165) is 36.0 Å². The van der Waals surface area contributed by atoms with Crippen LogP contribution in [0.15, 0.2) is 23.1 Å². The van der Waals surface area contributed by atoms with Crippen LogP contribution in [0, 0.1) is 0 Å². The Morgan fingerprint density at radius 1 is 1.43 bits per heavy atom. The van der Waals surface area contributed by atoms with E-state index in [0.29, 0.717) is 12.0 Å². The number of carbonyl (C=O) groups excluding carboxylic acids is 2. The molecule has 1 fully saturated rings. The highest BCUT2D eigenvalue weighted by atomic mass is 32.2. The second kappa shape index (κ2) is 6.07. The van der Waals surface area contributed by atoms with Gasteiger partial charge in [0, 0.05) is 48.3 Å². The van der Waals surface area contributed by atoms with E-state index in [1.165, 1.54) is 0 Å². The van der Waals surface area contributed by atoms with Crippen LogP contribution in [-0.2, 0) is 4.79 Å². The molecule has 6 heteroatoms. The predicted molar refractivity (Wildman–Crippen MR) is 83.8 cm³/mol. The second-order valence-corrected chi connectivity index (χ2v) is 6.55. The standard InChI is InChI=1S/C15H19N3O2S/c1-10-9-16-5-6-18(10)15(20)11-2-3-13-12(8-11)17-14(19)4-7-21-13/h2-3,8,10,16H,4-7,9H2,1H3,(H,17,19). The van der Waals surface area contributed by atoms with Gasteiger partial charge in [0.25, 0.3) is 5.91 Å². The SMILES string of the molecule is CC1CNCCN1C(=O)c1ccc2c(c1)NC(=O)CCS2. The molecule has 0 radical (unpaired) electrons. The van der Waals surface area contributed by atoms with Crippen molar-refractivity contribution < 1.29 is 9.59 Å². The van der Waals surface area contributed by atoms with E-state index in [4.69, 9.17) is 0 Å². The Kier molecular flexibility index (Phi) is 4.17. The van der Waals surface area contributed by atoms with Crippen molar-refractivity contribution in [3.05, 3.63) is 23.8 Å². The first-order chi connectivity index (χ1) is 10.1. The Morgan fingerprint density at radius 2 is 2.29 bits per heavy atom. The van der Waals surface area contributed by atoms with Gasteiger partial charge >= 0.3 is 0 Å². The number of hydrogen-bond donors (Lipinski definition) is 2. The molecule has 2 N–H and O–H groups in total. The smallest absolute Gasteiger partial charge is 0.254 e.